The smallest absolute Gasteiger partial charge is 0.157 e. The van der Waals surface area contributed by atoms with E-state index in [4.69, 9.17) is 19.6 Å². The Kier molecular flexibility index (Phi) is 6.24. The fourth-order valence-electron chi connectivity index (χ4n) is 4.77. The fourth-order valence-corrected chi connectivity index (χ4v) is 4.77. The van der Waals surface area contributed by atoms with Crippen molar-refractivity contribution in [2.75, 3.05) is 25.1 Å². The third-order valence-corrected chi connectivity index (χ3v) is 6.58. The second-order valence-corrected chi connectivity index (χ2v) is 9.18. The van der Waals surface area contributed by atoms with Gasteiger partial charge in [0.2, 0.25) is 0 Å². The Morgan fingerprint density at radius 2 is 1.97 bits per heavy atom. The minimum atomic E-state index is -0.683. The average Bonchev–Trinajstić information content (AvgIpc) is 3.52. The molecule has 1 saturated heterocycles. The first-order valence-electron chi connectivity index (χ1n) is 12.4. The van der Waals surface area contributed by atoms with E-state index in [-0.39, 0.29) is 23.9 Å². The summed E-state index contributed by atoms with van der Waals surface area (Å²) in [4.78, 5) is 9.15. The monoisotopic (exact) mass is 516 g/mol. The van der Waals surface area contributed by atoms with Crippen LogP contribution in [0.25, 0.3) is 10.9 Å². The Bertz CT molecular complexity index is 1570. The standard InChI is InChI=1S/C28H26F2N6O2/c1-3-38-18-11-22(29)20(23(30)12-18)13-36-25-7-5-4-6-19(25)26(35-36)28-33-24-15-37-14-21(24)27(34-28)32-17-8-9-31-16(2)10-17/h4-12,24H,3,13-15H2,1-2H3,(H,31,32)(H,33,34). The molecule has 194 valence electrons. The number of ether oxygens (including phenoxy) is 2. The number of fused-ring (bicyclic) bond motifs is 2. The topological polar surface area (TPSA) is 85.6 Å². The van der Waals surface area contributed by atoms with Crippen LogP contribution in [0, 0.1) is 18.6 Å². The number of halogens is 2. The highest BCUT2D eigenvalue weighted by molar-refractivity contribution is 6.09. The molecular weight excluding hydrogens is 490 g/mol. The van der Waals surface area contributed by atoms with Gasteiger partial charge in [-0.1, -0.05) is 18.2 Å². The number of aliphatic imine (C=N–C) groups is 1. The van der Waals surface area contributed by atoms with E-state index in [9.17, 15) is 8.78 Å². The maximum absolute atomic E-state index is 14.9. The molecule has 0 radical (unpaired) electrons. The Balaban J connectivity index is 1.40. The molecule has 0 aliphatic carbocycles. The van der Waals surface area contributed by atoms with Gasteiger partial charge >= 0.3 is 0 Å². The number of amidine groups is 1. The first kappa shape index (κ1) is 24.1. The van der Waals surface area contributed by atoms with Crippen LogP contribution < -0.4 is 15.4 Å². The fraction of sp³-hybridized carbons (Fsp3) is 0.250. The van der Waals surface area contributed by atoms with Crippen LogP contribution in [0.5, 0.6) is 5.75 Å². The molecule has 4 heterocycles. The van der Waals surface area contributed by atoms with Crippen molar-refractivity contribution < 1.29 is 18.3 Å². The highest BCUT2D eigenvalue weighted by atomic mass is 19.1. The van der Waals surface area contributed by atoms with Gasteiger partial charge in [-0.15, -0.1) is 0 Å². The van der Waals surface area contributed by atoms with Crippen LogP contribution in [-0.2, 0) is 11.3 Å². The normalized spacial score (nSPS) is 16.8. The quantitative estimate of drug-likeness (QED) is 0.375. The maximum Gasteiger partial charge on any atom is 0.157 e. The number of hydrogen-bond donors (Lipinski definition) is 2. The van der Waals surface area contributed by atoms with E-state index < -0.39 is 11.6 Å². The van der Waals surface area contributed by atoms with E-state index in [1.54, 1.807) is 17.8 Å². The lowest BCUT2D eigenvalue weighted by atomic mass is 10.1. The number of anilines is 1. The molecule has 6 rings (SSSR count). The average molecular weight is 517 g/mol. The van der Waals surface area contributed by atoms with Gasteiger partial charge in [-0.05, 0) is 32.0 Å². The van der Waals surface area contributed by atoms with Crippen LogP contribution in [-0.4, -0.2) is 46.5 Å². The van der Waals surface area contributed by atoms with Crippen molar-refractivity contribution in [2.24, 2.45) is 4.99 Å². The van der Waals surface area contributed by atoms with E-state index >= 15 is 0 Å². The number of rotatable bonds is 7. The zero-order chi connectivity index (χ0) is 26.2. The predicted octanol–water partition coefficient (Wildman–Crippen LogP) is 4.54. The number of aromatic nitrogens is 3. The van der Waals surface area contributed by atoms with E-state index in [1.807, 2.05) is 43.3 Å². The molecule has 8 nitrogen and oxygen atoms in total. The van der Waals surface area contributed by atoms with Gasteiger partial charge in [0.15, 0.2) is 5.84 Å². The predicted molar refractivity (Wildman–Crippen MR) is 140 cm³/mol. The van der Waals surface area contributed by atoms with Gasteiger partial charge < -0.3 is 20.1 Å². The summed E-state index contributed by atoms with van der Waals surface area (Å²) in [5.74, 6) is 0.0352. The molecule has 1 unspecified atom stereocenters. The van der Waals surface area contributed by atoms with Gasteiger partial charge in [0, 0.05) is 46.2 Å². The summed E-state index contributed by atoms with van der Waals surface area (Å²) in [5, 5.41) is 12.4. The van der Waals surface area contributed by atoms with Crippen LogP contribution >= 0.6 is 0 Å². The molecule has 2 aromatic carbocycles. The van der Waals surface area contributed by atoms with Gasteiger partial charge in [0.1, 0.15) is 28.9 Å². The molecule has 1 atom stereocenters. The molecular formula is C28H26F2N6O2. The van der Waals surface area contributed by atoms with Crippen molar-refractivity contribution in [1.82, 2.24) is 20.1 Å². The second-order valence-electron chi connectivity index (χ2n) is 9.18. The Labute approximate surface area is 218 Å². The van der Waals surface area contributed by atoms with Gasteiger partial charge in [-0.2, -0.15) is 5.10 Å². The van der Waals surface area contributed by atoms with Crippen molar-refractivity contribution in [2.45, 2.75) is 26.4 Å². The van der Waals surface area contributed by atoms with Crippen molar-refractivity contribution in [3.63, 3.8) is 0 Å². The third kappa shape index (κ3) is 4.47. The summed E-state index contributed by atoms with van der Waals surface area (Å²) in [5.41, 5.74) is 4.00. The number of nitrogens with one attached hydrogen (secondary N) is 2. The lowest BCUT2D eigenvalue weighted by Gasteiger charge is -2.23. The molecule has 0 saturated carbocycles. The summed E-state index contributed by atoms with van der Waals surface area (Å²) in [6, 6.07) is 13.7. The molecule has 2 aromatic heterocycles. The molecule has 0 spiro atoms. The molecule has 2 aliphatic heterocycles. The highest BCUT2D eigenvalue weighted by Crippen LogP contribution is 2.28. The summed E-state index contributed by atoms with van der Waals surface area (Å²) in [6.45, 7) is 4.88. The number of pyridine rings is 1. The molecule has 2 N–H and O–H groups in total. The van der Waals surface area contributed by atoms with Gasteiger partial charge in [0.25, 0.3) is 0 Å². The first-order chi connectivity index (χ1) is 18.5. The second kappa shape index (κ2) is 9.86. The zero-order valence-corrected chi connectivity index (χ0v) is 21.0. The molecule has 0 amide bonds. The van der Waals surface area contributed by atoms with Crippen LogP contribution in [0.15, 0.2) is 71.1 Å². The lowest BCUT2D eigenvalue weighted by molar-refractivity contribution is 0.196. The Morgan fingerprint density at radius 3 is 2.76 bits per heavy atom. The summed E-state index contributed by atoms with van der Waals surface area (Å²) >= 11 is 0. The van der Waals surface area contributed by atoms with Crippen LogP contribution in [0.3, 0.4) is 0 Å². The van der Waals surface area contributed by atoms with Crippen molar-refractivity contribution in [1.29, 1.82) is 0 Å². The van der Waals surface area contributed by atoms with Crippen molar-refractivity contribution in [3.8, 4) is 5.75 Å². The number of aryl methyl sites for hydroxylation is 1. The SMILES string of the molecule is CCOc1cc(F)c(Cn2nc(C3=NC(Nc4ccnc(C)c4)=C4COCC4N3)c3ccccc32)c(F)c1. The molecule has 4 aromatic rings. The minimum Gasteiger partial charge on any atom is -0.494 e. The van der Waals surface area contributed by atoms with E-state index in [1.165, 1.54) is 12.1 Å². The van der Waals surface area contributed by atoms with E-state index in [0.717, 1.165) is 27.9 Å². The number of hydrogen-bond acceptors (Lipinski definition) is 7. The lowest BCUT2D eigenvalue weighted by Crippen LogP contribution is -2.41. The zero-order valence-electron chi connectivity index (χ0n) is 21.0. The minimum absolute atomic E-state index is 0.0714. The summed E-state index contributed by atoms with van der Waals surface area (Å²) < 4.78 is 42.4. The van der Waals surface area contributed by atoms with Crippen molar-refractivity contribution in [3.05, 3.63) is 94.7 Å². The number of benzene rings is 2. The van der Waals surface area contributed by atoms with Gasteiger partial charge in [-0.3, -0.25) is 9.67 Å². The molecule has 2 aliphatic rings. The number of nitrogens with zero attached hydrogens (tertiary/aromatic N) is 4. The Morgan fingerprint density at radius 1 is 1.16 bits per heavy atom. The van der Waals surface area contributed by atoms with Gasteiger partial charge in [0.05, 0.1) is 37.9 Å². The first-order valence-corrected chi connectivity index (χ1v) is 12.4. The molecule has 10 heteroatoms. The van der Waals surface area contributed by atoms with Crippen molar-refractivity contribution >= 4 is 22.4 Å². The summed E-state index contributed by atoms with van der Waals surface area (Å²) in [7, 11) is 0. The molecule has 0 bridgehead atoms. The molecule has 38 heavy (non-hydrogen) atoms. The maximum atomic E-state index is 14.9. The summed E-state index contributed by atoms with van der Waals surface area (Å²) in [6.07, 6.45) is 1.74. The number of para-hydroxylation sites is 1. The van der Waals surface area contributed by atoms with Crippen LogP contribution in [0.4, 0.5) is 14.5 Å². The van der Waals surface area contributed by atoms with E-state index in [2.05, 4.69) is 15.6 Å². The van der Waals surface area contributed by atoms with Gasteiger partial charge in [-0.25, -0.2) is 13.8 Å². The highest BCUT2D eigenvalue weighted by Gasteiger charge is 2.32. The van der Waals surface area contributed by atoms with Crippen LogP contribution in [0.2, 0.25) is 0 Å². The Hall–Kier alpha value is -4.31. The largest absolute Gasteiger partial charge is 0.494 e. The molecule has 1 fully saturated rings. The third-order valence-electron chi connectivity index (χ3n) is 6.58. The van der Waals surface area contributed by atoms with E-state index in [0.29, 0.717) is 37.2 Å². The van der Waals surface area contributed by atoms with Crippen LogP contribution in [0.1, 0.15) is 23.9 Å².